The summed E-state index contributed by atoms with van der Waals surface area (Å²) in [7, 11) is 0. The van der Waals surface area contributed by atoms with Crippen molar-refractivity contribution in [3.63, 3.8) is 0 Å². The van der Waals surface area contributed by atoms with Crippen LogP contribution in [0.15, 0.2) is 66.7 Å². The first kappa shape index (κ1) is 13.0. The van der Waals surface area contributed by atoms with Gasteiger partial charge in [-0.3, -0.25) is 0 Å². The second kappa shape index (κ2) is 4.92. The summed E-state index contributed by atoms with van der Waals surface area (Å²) in [5, 5.41) is 3.40. The maximum Gasteiger partial charge on any atom is 0.126 e. The molecule has 0 amide bonds. The smallest absolute Gasteiger partial charge is 0.126 e. The second-order valence-corrected chi connectivity index (χ2v) is 5.49. The summed E-state index contributed by atoms with van der Waals surface area (Å²) in [5.41, 5.74) is 3.44. The van der Waals surface area contributed by atoms with Crippen LogP contribution in [-0.2, 0) is 0 Å². The Morgan fingerprint density at radius 3 is 2.23 bits per heavy atom. The molecule has 1 heterocycles. The molecule has 0 radical (unpaired) electrons. The molecule has 2 heteroatoms. The van der Waals surface area contributed by atoms with Crippen molar-refractivity contribution in [3.8, 4) is 11.3 Å². The maximum absolute atomic E-state index is 13.6. The molecule has 0 aliphatic rings. The molecule has 0 unspecified atom stereocenters. The summed E-state index contributed by atoms with van der Waals surface area (Å²) in [4.78, 5) is 4.82. The Morgan fingerprint density at radius 2 is 1.45 bits per heavy atom. The standard InChI is InChI=1S/C20H14FN/c1-13-12-14(10-11-18(13)21)20-17-8-3-2-6-15(17)16-7-4-5-9-19(16)22-20/h2-12H,1H3. The predicted octanol–water partition coefficient (Wildman–Crippen LogP) is 5.50. The zero-order chi connectivity index (χ0) is 15.1. The highest BCUT2D eigenvalue weighted by Gasteiger charge is 2.10. The fraction of sp³-hybridized carbons (Fsp3) is 0.0500. The Bertz CT molecular complexity index is 1000. The molecule has 4 aromatic rings. The first-order valence-electron chi connectivity index (χ1n) is 7.28. The molecule has 0 aliphatic carbocycles. The molecule has 22 heavy (non-hydrogen) atoms. The number of nitrogens with zero attached hydrogens (tertiary/aromatic N) is 1. The summed E-state index contributed by atoms with van der Waals surface area (Å²) in [6.07, 6.45) is 0. The van der Waals surface area contributed by atoms with Crippen LogP contribution in [0.4, 0.5) is 4.39 Å². The lowest BCUT2D eigenvalue weighted by atomic mass is 9.99. The number of fused-ring (bicyclic) bond motifs is 3. The minimum atomic E-state index is -0.186. The Morgan fingerprint density at radius 1 is 0.773 bits per heavy atom. The largest absolute Gasteiger partial charge is 0.247 e. The van der Waals surface area contributed by atoms with Crippen molar-refractivity contribution in [3.05, 3.63) is 78.1 Å². The molecule has 1 aromatic heterocycles. The summed E-state index contributed by atoms with van der Waals surface area (Å²) in [6.45, 7) is 1.78. The Kier molecular flexibility index (Phi) is 2.90. The van der Waals surface area contributed by atoms with Gasteiger partial charge in [0.2, 0.25) is 0 Å². The van der Waals surface area contributed by atoms with E-state index >= 15 is 0 Å². The molecule has 0 aliphatic heterocycles. The average Bonchev–Trinajstić information content (AvgIpc) is 2.57. The number of hydrogen-bond acceptors (Lipinski definition) is 1. The molecular weight excluding hydrogens is 273 g/mol. The molecule has 0 bridgehead atoms. The third-order valence-electron chi connectivity index (χ3n) is 4.04. The van der Waals surface area contributed by atoms with E-state index in [0.29, 0.717) is 5.56 Å². The number of aryl methyl sites for hydroxylation is 1. The van der Waals surface area contributed by atoms with E-state index < -0.39 is 0 Å². The van der Waals surface area contributed by atoms with Gasteiger partial charge in [-0.05, 0) is 42.1 Å². The normalized spacial score (nSPS) is 11.2. The van der Waals surface area contributed by atoms with E-state index in [2.05, 4.69) is 18.2 Å². The highest BCUT2D eigenvalue weighted by Crippen LogP contribution is 2.32. The molecule has 0 saturated heterocycles. The lowest BCUT2D eigenvalue weighted by Gasteiger charge is -2.10. The van der Waals surface area contributed by atoms with E-state index in [1.54, 1.807) is 13.0 Å². The average molecular weight is 287 g/mol. The van der Waals surface area contributed by atoms with Crippen molar-refractivity contribution in [1.82, 2.24) is 4.98 Å². The molecular formula is C20H14FN. The van der Waals surface area contributed by atoms with Crippen LogP contribution < -0.4 is 0 Å². The van der Waals surface area contributed by atoms with Crippen LogP contribution in [0.1, 0.15) is 5.56 Å². The minimum Gasteiger partial charge on any atom is -0.247 e. The summed E-state index contributed by atoms with van der Waals surface area (Å²) < 4.78 is 13.6. The van der Waals surface area contributed by atoms with Gasteiger partial charge in [0.05, 0.1) is 11.2 Å². The van der Waals surface area contributed by atoms with E-state index in [9.17, 15) is 4.39 Å². The lowest BCUT2D eigenvalue weighted by molar-refractivity contribution is 0.619. The minimum absolute atomic E-state index is 0.186. The van der Waals surface area contributed by atoms with Gasteiger partial charge in [0.1, 0.15) is 5.82 Å². The van der Waals surface area contributed by atoms with Crippen molar-refractivity contribution in [2.45, 2.75) is 6.92 Å². The second-order valence-electron chi connectivity index (χ2n) is 5.49. The van der Waals surface area contributed by atoms with Crippen molar-refractivity contribution in [2.75, 3.05) is 0 Å². The zero-order valence-corrected chi connectivity index (χ0v) is 12.2. The lowest BCUT2D eigenvalue weighted by Crippen LogP contribution is -1.91. The fourth-order valence-corrected chi connectivity index (χ4v) is 2.92. The number of benzene rings is 3. The van der Waals surface area contributed by atoms with Gasteiger partial charge in [0.25, 0.3) is 0 Å². The SMILES string of the molecule is Cc1cc(-c2nc3ccccc3c3ccccc23)ccc1F. The summed E-state index contributed by atoms with van der Waals surface area (Å²) >= 11 is 0. The van der Waals surface area contributed by atoms with Gasteiger partial charge in [-0.15, -0.1) is 0 Å². The molecule has 0 atom stereocenters. The van der Waals surface area contributed by atoms with E-state index in [1.807, 2.05) is 36.4 Å². The van der Waals surface area contributed by atoms with Crippen molar-refractivity contribution >= 4 is 21.7 Å². The number of para-hydroxylation sites is 1. The van der Waals surface area contributed by atoms with Gasteiger partial charge >= 0.3 is 0 Å². The van der Waals surface area contributed by atoms with E-state index in [-0.39, 0.29) is 5.82 Å². The summed E-state index contributed by atoms with van der Waals surface area (Å²) in [5.74, 6) is -0.186. The Labute approximate surface area is 128 Å². The van der Waals surface area contributed by atoms with Gasteiger partial charge in [-0.2, -0.15) is 0 Å². The van der Waals surface area contributed by atoms with Crippen molar-refractivity contribution < 1.29 is 4.39 Å². The predicted molar refractivity (Wildman–Crippen MR) is 89.4 cm³/mol. The molecule has 1 nitrogen and oxygen atoms in total. The number of hydrogen-bond donors (Lipinski definition) is 0. The van der Waals surface area contributed by atoms with Gasteiger partial charge in [-0.1, -0.05) is 42.5 Å². The van der Waals surface area contributed by atoms with Gasteiger partial charge in [0.15, 0.2) is 0 Å². The van der Waals surface area contributed by atoms with E-state index in [1.165, 1.54) is 11.5 Å². The van der Waals surface area contributed by atoms with Crippen LogP contribution in [0, 0.1) is 12.7 Å². The highest BCUT2D eigenvalue weighted by atomic mass is 19.1. The molecule has 106 valence electrons. The molecule has 0 saturated carbocycles. The van der Waals surface area contributed by atoms with Crippen LogP contribution in [-0.4, -0.2) is 4.98 Å². The molecule has 3 aromatic carbocycles. The molecule has 0 spiro atoms. The van der Waals surface area contributed by atoms with Crippen LogP contribution in [0.2, 0.25) is 0 Å². The monoisotopic (exact) mass is 287 g/mol. The van der Waals surface area contributed by atoms with Crippen LogP contribution in [0.3, 0.4) is 0 Å². The van der Waals surface area contributed by atoms with Gasteiger partial charge in [0, 0.05) is 16.3 Å². The third kappa shape index (κ3) is 1.96. The topological polar surface area (TPSA) is 12.9 Å². The van der Waals surface area contributed by atoms with Crippen molar-refractivity contribution in [1.29, 1.82) is 0 Å². The van der Waals surface area contributed by atoms with E-state index in [4.69, 9.17) is 4.98 Å². The quantitative estimate of drug-likeness (QED) is 0.421. The third-order valence-corrected chi connectivity index (χ3v) is 4.04. The van der Waals surface area contributed by atoms with E-state index in [0.717, 1.165) is 27.5 Å². The zero-order valence-electron chi connectivity index (χ0n) is 12.2. The maximum atomic E-state index is 13.6. The molecule has 0 fully saturated rings. The number of pyridine rings is 1. The van der Waals surface area contributed by atoms with Crippen molar-refractivity contribution in [2.24, 2.45) is 0 Å². The molecule has 4 rings (SSSR count). The first-order valence-corrected chi connectivity index (χ1v) is 7.28. The summed E-state index contributed by atoms with van der Waals surface area (Å²) in [6, 6.07) is 21.5. The van der Waals surface area contributed by atoms with Crippen LogP contribution in [0.25, 0.3) is 32.9 Å². The number of rotatable bonds is 1. The highest BCUT2D eigenvalue weighted by molar-refractivity contribution is 6.10. The number of halogens is 1. The van der Waals surface area contributed by atoms with Crippen LogP contribution in [0.5, 0.6) is 0 Å². The van der Waals surface area contributed by atoms with Gasteiger partial charge in [-0.25, -0.2) is 9.37 Å². The first-order chi connectivity index (χ1) is 10.7. The molecule has 0 N–H and O–H groups in total. The fourth-order valence-electron chi connectivity index (χ4n) is 2.92. The Balaban J connectivity index is 2.13. The number of aromatic nitrogens is 1. The Hall–Kier alpha value is -2.74. The van der Waals surface area contributed by atoms with Gasteiger partial charge < -0.3 is 0 Å². The van der Waals surface area contributed by atoms with Crippen LogP contribution >= 0.6 is 0 Å².